The number of nitrogens with one attached hydrogen (secondary N) is 1. The molecule has 37 heavy (non-hydrogen) atoms. The van der Waals surface area contributed by atoms with Crippen LogP contribution in [0, 0.1) is 13.8 Å². The van der Waals surface area contributed by atoms with Crippen LogP contribution in [0.2, 0.25) is 0 Å². The summed E-state index contributed by atoms with van der Waals surface area (Å²) in [5.41, 5.74) is 5.45. The number of aldehydes is 1. The van der Waals surface area contributed by atoms with Gasteiger partial charge >= 0.3 is 0 Å². The molecule has 2 N–H and O–H groups in total. The van der Waals surface area contributed by atoms with Gasteiger partial charge in [0.05, 0.1) is 33.9 Å². The smallest absolute Gasteiger partial charge is 0.202 e. The van der Waals surface area contributed by atoms with Crippen LogP contribution in [0.4, 0.5) is 11.6 Å². The molecule has 0 radical (unpaired) electrons. The molecule has 0 bridgehead atoms. The molecule has 2 aromatic heterocycles. The largest absolute Gasteiger partial charge is 0.507 e. The van der Waals surface area contributed by atoms with E-state index in [2.05, 4.69) is 21.3 Å². The van der Waals surface area contributed by atoms with E-state index < -0.39 is 0 Å². The third-order valence-electron chi connectivity index (χ3n) is 7.08. The van der Waals surface area contributed by atoms with E-state index in [1.807, 2.05) is 39.0 Å². The Labute approximate surface area is 215 Å². The highest BCUT2D eigenvalue weighted by Gasteiger charge is 2.23. The number of rotatable bonds is 6. The summed E-state index contributed by atoms with van der Waals surface area (Å²) >= 11 is 0. The highest BCUT2D eigenvalue weighted by atomic mass is 16.4. The maximum Gasteiger partial charge on any atom is 0.202 e. The van der Waals surface area contributed by atoms with Crippen LogP contribution in [0.25, 0.3) is 22.2 Å². The van der Waals surface area contributed by atoms with Gasteiger partial charge in [-0.05, 0) is 82.0 Å². The lowest BCUT2D eigenvalue weighted by Crippen LogP contribution is -2.31. The summed E-state index contributed by atoms with van der Waals surface area (Å²) in [7, 11) is 0. The molecule has 1 saturated heterocycles. The molecule has 7 heteroatoms. The summed E-state index contributed by atoms with van der Waals surface area (Å²) in [6.07, 6.45) is 5.69. The normalized spacial score (nSPS) is 14.5. The van der Waals surface area contributed by atoms with Crippen LogP contribution in [0.5, 0.6) is 5.75 Å². The number of aromatic nitrogens is 1. The maximum absolute atomic E-state index is 13.4. The third kappa shape index (κ3) is 4.69. The Bertz CT molecular complexity index is 1540. The zero-order valence-corrected chi connectivity index (χ0v) is 21.4. The van der Waals surface area contributed by atoms with E-state index in [1.165, 1.54) is 12.5 Å². The molecule has 0 aliphatic carbocycles. The van der Waals surface area contributed by atoms with E-state index in [9.17, 15) is 14.7 Å². The van der Waals surface area contributed by atoms with Gasteiger partial charge in [0.1, 0.15) is 11.3 Å². The molecule has 1 unspecified atom stereocenters. The Morgan fingerprint density at radius 2 is 1.89 bits per heavy atom. The van der Waals surface area contributed by atoms with Gasteiger partial charge in [-0.2, -0.15) is 0 Å². The predicted octanol–water partition coefficient (Wildman–Crippen LogP) is 6.15. The predicted molar refractivity (Wildman–Crippen MR) is 147 cm³/mol. The number of pyridine rings is 1. The zero-order valence-electron chi connectivity index (χ0n) is 21.4. The molecule has 1 aliphatic rings. The standard InChI is InChI=1S/C30H31N3O4/c1-18-14-23(29-24(15-18)28(36)19(2)30(37-29)33-12-5-4-6-13-33)20(3)32-25-8-7-11-31-27(25)21-9-10-26(35)22(16-21)17-34/h7-11,14-17,20,32,35H,4-6,12-13H2,1-3H3. The number of hydrogen-bond acceptors (Lipinski definition) is 7. The van der Waals surface area contributed by atoms with Crippen molar-refractivity contribution in [2.75, 3.05) is 23.3 Å². The first-order valence-corrected chi connectivity index (χ1v) is 12.7. The van der Waals surface area contributed by atoms with Gasteiger partial charge < -0.3 is 19.7 Å². The minimum Gasteiger partial charge on any atom is -0.507 e. The van der Waals surface area contributed by atoms with Gasteiger partial charge in [0, 0.05) is 30.4 Å². The van der Waals surface area contributed by atoms with Crippen LogP contribution < -0.4 is 15.6 Å². The fraction of sp³-hybridized carbons (Fsp3) is 0.300. The molecule has 3 heterocycles. The first kappa shape index (κ1) is 24.6. The molecule has 0 amide bonds. The second kappa shape index (κ2) is 10.1. The fourth-order valence-corrected chi connectivity index (χ4v) is 5.14. The Morgan fingerprint density at radius 1 is 1.11 bits per heavy atom. The lowest BCUT2D eigenvalue weighted by molar-refractivity contribution is 0.112. The topological polar surface area (TPSA) is 95.7 Å². The number of hydrogen-bond donors (Lipinski definition) is 2. The van der Waals surface area contributed by atoms with Crippen LogP contribution in [0.15, 0.2) is 57.9 Å². The number of carbonyl (C=O) groups is 1. The first-order chi connectivity index (χ1) is 17.9. The van der Waals surface area contributed by atoms with Crippen molar-refractivity contribution in [1.29, 1.82) is 0 Å². The van der Waals surface area contributed by atoms with E-state index in [0.717, 1.165) is 42.7 Å². The van der Waals surface area contributed by atoms with Crippen molar-refractivity contribution in [2.24, 2.45) is 0 Å². The van der Waals surface area contributed by atoms with Gasteiger partial charge in [-0.1, -0.05) is 6.07 Å². The van der Waals surface area contributed by atoms with Gasteiger partial charge in [-0.15, -0.1) is 0 Å². The number of piperidine rings is 1. The van der Waals surface area contributed by atoms with E-state index in [4.69, 9.17) is 4.42 Å². The molecule has 0 saturated carbocycles. The number of benzene rings is 2. The molecular weight excluding hydrogens is 466 g/mol. The number of phenols is 1. The van der Waals surface area contributed by atoms with Gasteiger partial charge in [0.2, 0.25) is 5.88 Å². The van der Waals surface area contributed by atoms with Crippen molar-refractivity contribution in [1.82, 2.24) is 4.98 Å². The van der Waals surface area contributed by atoms with Gasteiger partial charge in [0.15, 0.2) is 11.7 Å². The lowest BCUT2D eigenvalue weighted by atomic mass is 9.99. The highest BCUT2D eigenvalue weighted by Crippen LogP contribution is 2.35. The van der Waals surface area contributed by atoms with Crippen molar-refractivity contribution < 1.29 is 14.3 Å². The van der Waals surface area contributed by atoms with Crippen molar-refractivity contribution in [3.8, 4) is 17.0 Å². The number of aryl methyl sites for hydroxylation is 1. The van der Waals surface area contributed by atoms with E-state index in [-0.39, 0.29) is 22.8 Å². The molecule has 1 fully saturated rings. The van der Waals surface area contributed by atoms with Crippen LogP contribution in [-0.4, -0.2) is 29.5 Å². The van der Waals surface area contributed by atoms with Crippen molar-refractivity contribution in [2.45, 2.75) is 46.1 Å². The molecule has 190 valence electrons. The van der Waals surface area contributed by atoms with E-state index in [1.54, 1.807) is 18.3 Å². The summed E-state index contributed by atoms with van der Waals surface area (Å²) < 4.78 is 6.52. The molecule has 4 aromatic rings. The molecular formula is C30H31N3O4. The number of aromatic hydroxyl groups is 1. The van der Waals surface area contributed by atoms with Gasteiger partial charge in [-0.3, -0.25) is 14.6 Å². The molecule has 1 aliphatic heterocycles. The average Bonchev–Trinajstić information content (AvgIpc) is 2.91. The Morgan fingerprint density at radius 3 is 2.65 bits per heavy atom. The quantitative estimate of drug-likeness (QED) is 0.308. The Balaban J connectivity index is 1.58. The van der Waals surface area contributed by atoms with Crippen molar-refractivity contribution >= 4 is 28.8 Å². The summed E-state index contributed by atoms with van der Waals surface area (Å²) in [5.74, 6) is 0.598. The summed E-state index contributed by atoms with van der Waals surface area (Å²) in [4.78, 5) is 31.5. The van der Waals surface area contributed by atoms with Crippen LogP contribution in [0.3, 0.4) is 0 Å². The number of fused-ring (bicyclic) bond motifs is 1. The monoisotopic (exact) mass is 497 g/mol. The number of carbonyl (C=O) groups excluding carboxylic acids is 1. The minimum absolute atomic E-state index is 0.00604. The van der Waals surface area contributed by atoms with Gasteiger partial charge in [0.25, 0.3) is 0 Å². The number of phenolic OH excluding ortho intramolecular Hbond substituents is 1. The Kier molecular flexibility index (Phi) is 6.70. The van der Waals surface area contributed by atoms with Crippen molar-refractivity contribution in [3.63, 3.8) is 0 Å². The second-order valence-electron chi connectivity index (χ2n) is 9.80. The molecule has 0 spiro atoms. The van der Waals surface area contributed by atoms with Crippen LogP contribution in [-0.2, 0) is 0 Å². The maximum atomic E-state index is 13.4. The lowest BCUT2D eigenvalue weighted by Gasteiger charge is -2.29. The molecule has 5 rings (SSSR count). The summed E-state index contributed by atoms with van der Waals surface area (Å²) in [5, 5.41) is 14.1. The molecule has 2 aromatic carbocycles. The van der Waals surface area contributed by atoms with E-state index in [0.29, 0.717) is 40.0 Å². The highest BCUT2D eigenvalue weighted by molar-refractivity contribution is 5.86. The van der Waals surface area contributed by atoms with Gasteiger partial charge in [-0.25, -0.2) is 0 Å². The minimum atomic E-state index is -0.215. The molecule has 7 nitrogen and oxygen atoms in total. The summed E-state index contributed by atoms with van der Waals surface area (Å²) in [6, 6.07) is 12.3. The van der Waals surface area contributed by atoms with E-state index >= 15 is 0 Å². The number of anilines is 2. The zero-order chi connectivity index (χ0) is 26.1. The first-order valence-electron chi connectivity index (χ1n) is 12.7. The van der Waals surface area contributed by atoms with Crippen molar-refractivity contribution in [3.05, 3.63) is 81.1 Å². The van der Waals surface area contributed by atoms with Crippen LogP contribution >= 0.6 is 0 Å². The second-order valence-corrected chi connectivity index (χ2v) is 9.80. The third-order valence-corrected chi connectivity index (χ3v) is 7.08. The SMILES string of the molecule is Cc1cc(C(C)Nc2cccnc2-c2ccc(O)c(C=O)c2)c2oc(N3CCCCC3)c(C)c(=O)c2c1. The fourth-order valence-electron chi connectivity index (χ4n) is 5.14. The molecule has 1 atom stereocenters. The summed E-state index contributed by atoms with van der Waals surface area (Å²) in [6.45, 7) is 7.64. The average molecular weight is 498 g/mol. The van der Waals surface area contributed by atoms with Crippen LogP contribution in [0.1, 0.15) is 59.3 Å². The Hall–Kier alpha value is -4.13. The number of nitrogens with zero attached hydrogens (tertiary/aromatic N) is 2.